The number of terminal acetylenes is 1. The van der Waals surface area contributed by atoms with Crippen LogP contribution in [-0.4, -0.2) is 18.3 Å². The van der Waals surface area contributed by atoms with Gasteiger partial charge >= 0.3 is 0 Å². The summed E-state index contributed by atoms with van der Waals surface area (Å²) >= 11 is 0. The second kappa shape index (κ2) is 6.82. The highest BCUT2D eigenvalue weighted by Gasteiger charge is 2.06. The third-order valence-electron chi connectivity index (χ3n) is 2.61. The lowest BCUT2D eigenvalue weighted by Gasteiger charge is -2.13. The van der Waals surface area contributed by atoms with Gasteiger partial charge in [-0.1, -0.05) is 25.3 Å². The zero-order valence-electron chi connectivity index (χ0n) is 10.4. The molecule has 1 atom stereocenters. The molecule has 0 fully saturated rings. The van der Waals surface area contributed by atoms with Crippen LogP contribution in [0, 0.1) is 12.3 Å². The van der Waals surface area contributed by atoms with Crippen LogP contribution in [0.4, 0.5) is 0 Å². The number of rotatable bonds is 6. The molecule has 0 amide bonds. The van der Waals surface area contributed by atoms with Crippen molar-refractivity contribution in [3.8, 4) is 23.8 Å². The van der Waals surface area contributed by atoms with Gasteiger partial charge in [0, 0.05) is 18.2 Å². The molecule has 0 spiro atoms. The van der Waals surface area contributed by atoms with E-state index in [2.05, 4.69) is 18.2 Å². The Balaban J connectivity index is 2.60. The number of nitrogens with one attached hydrogen (secondary N) is 1. The first-order chi connectivity index (χ1) is 8.21. The molecule has 0 aliphatic rings. The molecule has 1 rings (SSSR count). The lowest BCUT2D eigenvalue weighted by atomic mass is 10.1. The quantitative estimate of drug-likeness (QED) is 0.741. The van der Waals surface area contributed by atoms with Crippen molar-refractivity contribution in [1.29, 1.82) is 0 Å². The van der Waals surface area contributed by atoms with Gasteiger partial charge in [0.05, 0.1) is 13.2 Å². The maximum absolute atomic E-state index is 9.77. The van der Waals surface area contributed by atoms with Crippen molar-refractivity contribution in [2.45, 2.75) is 32.4 Å². The van der Waals surface area contributed by atoms with Crippen molar-refractivity contribution in [3.63, 3.8) is 0 Å². The number of aromatic hydroxyl groups is 1. The summed E-state index contributed by atoms with van der Waals surface area (Å²) in [5.74, 6) is 3.57. The Bertz CT molecular complexity index is 396. The molecule has 1 aromatic rings. The molecule has 0 aromatic heterocycles. The van der Waals surface area contributed by atoms with Crippen LogP contribution in [0.3, 0.4) is 0 Å². The highest BCUT2D eigenvalue weighted by molar-refractivity contribution is 5.39. The summed E-state index contributed by atoms with van der Waals surface area (Å²) in [7, 11) is 1.57. The molecule has 0 radical (unpaired) electrons. The summed E-state index contributed by atoms with van der Waals surface area (Å²) in [6.07, 6.45) is 7.39. The van der Waals surface area contributed by atoms with E-state index >= 15 is 0 Å². The van der Waals surface area contributed by atoms with Crippen LogP contribution in [0.5, 0.6) is 11.5 Å². The third-order valence-corrected chi connectivity index (χ3v) is 2.61. The second-order valence-electron chi connectivity index (χ2n) is 3.88. The minimum atomic E-state index is 0.0569. The SMILES string of the molecule is C#CC(CCC)NCc1ccc(OC)cc1O. The first-order valence-corrected chi connectivity index (χ1v) is 5.76. The number of phenols is 1. The molecular weight excluding hydrogens is 214 g/mol. The molecule has 2 N–H and O–H groups in total. The molecule has 0 saturated carbocycles. The van der Waals surface area contributed by atoms with E-state index in [1.54, 1.807) is 13.2 Å². The van der Waals surface area contributed by atoms with Crippen LogP contribution in [0.15, 0.2) is 18.2 Å². The number of methoxy groups -OCH3 is 1. The third kappa shape index (κ3) is 4.01. The average Bonchev–Trinajstić information content (AvgIpc) is 2.35. The minimum absolute atomic E-state index is 0.0569. The number of benzene rings is 1. The Labute approximate surface area is 103 Å². The summed E-state index contributed by atoms with van der Waals surface area (Å²) in [6, 6.07) is 5.31. The van der Waals surface area contributed by atoms with Crippen molar-refractivity contribution in [2.75, 3.05) is 7.11 Å². The van der Waals surface area contributed by atoms with Gasteiger partial charge in [-0.2, -0.15) is 0 Å². The standard InChI is InChI=1S/C14H19NO2/c1-4-6-12(5-2)15-10-11-7-8-13(17-3)9-14(11)16/h2,7-9,12,15-16H,4,6,10H2,1,3H3. The smallest absolute Gasteiger partial charge is 0.123 e. The van der Waals surface area contributed by atoms with E-state index < -0.39 is 0 Å². The Kier molecular flexibility index (Phi) is 5.38. The Morgan fingerprint density at radius 3 is 2.82 bits per heavy atom. The average molecular weight is 233 g/mol. The monoisotopic (exact) mass is 233 g/mol. The first-order valence-electron chi connectivity index (χ1n) is 5.76. The molecule has 0 saturated heterocycles. The number of hydrogen-bond acceptors (Lipinski definition) is 3. The first kappa shape index (κ1) is 13.4. The van der Waals surface area contributed by atoms with E-state index in [1.165, 1.54) is 0 Å². The molecule has 0 aliphatic carbocycles. The van der Waals surface area contributed by atoms with Crippen LogP contribution in [0.1, 0.15) is 25.3 Å². The Morgan fingerprint density at radius 1 is 1.53 bits per heavy atom. The summed E-state index contributed by atoms with van der Waals surface area (Å²) in [4.78, 5) is 0. The van der Waals surface area contributed by atoms with Gasteiger partial charge in [0.15, 0.2) is 0 Å². The molecule has 3 heteroatoms. The fraction of sp³-hybridized carbons (Fsp3) is 0.429. The molecule has 3 nitrogen and oxygen atoms in total. The summed E-state index contributed by atoms with van der Waals surface area (Å²) in [5.41, 5.74) is 0.821. The van der Waals surface area contributed by atoms with Crippen LogP contribution in [-0.2, 0) is 6.54 Å². The van der Waals surface area contributed by atoms with E-state index in [1.807, 2.05) is 12.1 Å². The van der Waals surface area contributed by atoms with Crippen LogP contribution < -0.4 is 10.1 Å². The van der Waals surface area contributed by atoms with Crippen molar-refractivity contribution in [3.05, 3.63) is 23.8 Å². The summed E-state index contributed by atoms with van der Waals surface area (Å²) < 4.78 is 5.02. The van der Waals surface area contributed by atoms with E-state index in [0.29, 0.717) is 12.3 Å². The molecule has 1 aromatic carbocycles. The lowest BCUT2D eigenvalue weighted by Crippen LogP contribution is -2.26. The maximum atomic E-state index is 9.77. The van der Waals surface area contributed by atoms with Crippen molar-refractivity contribution in [1.82, 2.24) is 5.32 Å². The van der Waals surface area contributed by atoms with Gasteiger partial charge in [-0.15, -0.1) is 6.42 Å². The van der Waals surface area contributed by atoms with Gasteiger partial charge in [0.1, 0.15) is 11.5 Å². The maximum Gasteiger partial charge on any atom is 0.123 e. The lowest BCUT2D eigenvalue weighted by molar-refractivity contribution is 0.405. The van der Waals surface area contributed by atoms with Crippen LogP contribution >= 0.6 is 0 Å². The predicted octanol–water partition coefficient (Wildman–Crippen LogP) is 2.29. The number of ether oxygens (including phenoxy) is 1. The second-order valence-corrected chi connectivity index (χ2v) is 3.88. The summed E-state index contributed by atoms with van der Waals surface area (Å²) in [6.45, 7) is 2.65. The van der Waals surface area contributed by atoms with Gasteiger partial charge < -0.3 is 9.84 Å². The molecule has 92 valence electrons. The highest BCUT2D eigenvalue weighted by atomic mass is 16.5. The minimum Gasteiger partial charge on any atom is -0.507 e. The van der Waals surface area contributed by atoms with Crippen molar-refractivity contribution >= 4 is 0 Å². The molecule has 0 bridgehead atoms. The van der Waals surface area contributed by atoms with Gasteiger partial charge in [-0.3, -0.25) is 5.32 Å². The summed E-state index contributed by atoms with van der Waals surface area (Å²) in [5, 5.41) is 13.0. The number of phenolic OH excluding ortho intramolecular Hbond substituents is 1. The topological polar surface area (TPSA) is 41.5 Å². The van der Waals surface area contributed by atoms with Gasteiger partial charge in [-0.05, 0) is 12.5 Å². The van der Waals surface area contributed by atoms with Crippen LogP contribution in [0.2, 0.25) is 0 Å². The molecule has 1 unspecified atom stereocenters. The molecular formula is C14H19NO2. The van der Waals surface area contributed by atoms with Gasteiger partial charge in [0.2, 0.25) is 0 Å². The zero-order valence-corrected chi connectivity index (χ0v) is 10.4. The fourth-order valence-corrected chi connectivity index (χ4v) is 1.59. The molecule has 17 heavy (non-hydrogen) atoms. The molecule has 0 aliphatic heterocycles. The fourth-order valence-electron chi connectivity index (χ4n) is 1.59. The van der Waals surface area contributed by atoms with Crippen molar-refractivity contribution in [2.24, 2.45) is 0 Å². The van der Waals surface area contributed by atoms with E-state index in [0.717, 1.165) is 18.4 Å². The van der Waals surface area contributed by atoms with E-state index in [-0.39, 0.29) is 11.8 Å². The van der Waals surface area contributed by atoms with E-state index in [9.17, 15) is 5.11 Å². The Hall–Kier alpha value is -1.66. The van der Waals surface area contributed by atoms with E-state index in [4.69, 9.17) is 11.2 Å². The van der Waals surface area contributed by atoms with Gasteiger partial charge in [0.25, 0.3) is 0 Å². The highest BCUT2D eigenvalue weighted by Crippen LogP contribution is 2.23. The molecule has 0 heterocycles. The zero-order chi connectivity index (χ0) is 12.7. The number of hydrogen-bond donors (Lipinski definition) is 2. The predicted molar refractivity (Wildman–Crippen MR) is 69.0 cm³/mol. The van der Waals surface area contributed by atoms with Gasteiger partial charge in [-0.25, -0.2) is 0 Å². The normalized spacial score (nSPS) is 11.8. The van der Waals surface area contributed by atoms with Crippen LogP contribution in [0.25, 0.3) is 0 Å². The van der Waals surface area contributed by atoms with Crippen molar-refractivity contribution < 1.29 is 9.84 Å². The Morgan fingerprint density at radius 2 is 2.29 bits per heavy atom. The largest absolute Gasteiger partial charge is 0.507 e.